The summed E-state index contributed by atoms with van der Waals surface area (Å²) in [5.41, 5.74) is 0.595. The van der Waals surface area contributed by atoms with Crippen LogP contribution in [0.3, 0.4) is 0 Å². The molecule has 56 valence electrons. The van der Waals surface area contributed by atoms with Crippen molar-refractivity contribution in [1.82, 2.24) is 4.57 Å². The standard InChI is InChI=1S/C8H7NO2/c1-6-5-9-4-2-3-7(9)8(10)11-6/h2-4H,1,5H2. The molecule has 2 rings (SSSR count). The van der Waals surface area contributed by atoms with E-state index in [9.17, 15) is 4.79 Å². The number of aromatic nitrogens is 1. The molecule has 1 aromatic heterocycles. The monoisotopic (exact) mass is 149 g/mol. The molecule has 0 bridgehead atoms. The summed E-state index contributed by atoms with van der Waals surface area (Å²) < 4.78 is 6.63. The predicted octanol–water partition coefficient (Wildman–Crippen LogP) is 1.17. The molecule has 0 amide bonds. The van der Waals surface area contributed by atoms with E-state index < -0.39 is 0 Å². The van der Waals surface area contributed by atoms with Crippen molar-refractivity contribution in [3.05, 3.63) is 36.4 Å². The summed E-state index contributed by atoms with van der Waals surface area (Å²) in [6, 6.07) is 3.55. The summed E-state index contributed by atoms with van der Waals surface area (Å²) in [5.74, 6) is 0.185. The molecule has 0 aliphatic carbocycles. The first-order chi connectivity index (χ1) is 5.27. The molecule has 0 saturated heterocycles. The smallest absolute Gasteiger partial charge is 0.360 e. The van der Waals surface area contributed by atoms with Gasteiger partial charge in [0.15, 0.2) is 0 Å². The van der Waals surface area contributed by atoms with Gasteiger partial charge in [0.1, 0.15) is 11.5 Å². The SMILES string of the molecule is C=C1Cn2cccc2C(=O)O1. The van der Waals surface area contributed by atoms with E-state index in [0.29, 0.717) is 18.0 Å². The van der Waals surface area contributed by atoms with Gasteiger partial charge in [-0.15, -0.1) is 0 Å². The Kier molecular flexibility index (Phi) is 1.12. The zero-order valence-electron chi connectivity index (χ0n) is 5.91. The third-order valence-corrected chi connectivity index (χ3v) is 1.62. The van der Waals surface area contributed by atoms with E-state index in [4.69, 9.17) is 4.74 Å². The van der Waals surface area contributed by atoms with E-state index in [1.54, 1.807) is 6.07 Å². The van der Waals surface area contributed by atoms with Crippen molar-refractivity contribution in [2.45, 2.75) is 6.54 Å². The maximum absolute atomic E-state index is 11.1. The van der Waals surface area contributed by atoms with Crippen LogP contribution in [0.25, 0.3) is 0 Å². The fourth-order valence-corrected chi connectivity index (χ4v) is 1.14. The van der Waals surface area contributed by atoms with Gasteiger partial charge in [-0.1, -0.05) is 6.58 Å². The molecule has 0 aromatic carbocycles. The second-order valence-corrected chi connectivity index (χ2v) is 2.45. The minimum absolute atomic E-state index is 0.314. The average molecular weight is 149 g/mol. The van der Waals surface area contributed by atoms with Crippen molar-refractivity contribution in [3.8, 4) is 0 Å². The lowest BCUT2D eigenvalue weighted by atomic mass is 10.4. The number of esters is 1. The molecule has 1 aliphatic heterocycles. The highest BCUT2D eigenvalue weighted by molar-refractivity contribution is 5.89. The molecule has 2 heterocycles. The van der Waals surface area contributed by atoms with Gasteiger partial charge in [-0.05, 0) is 12.1 Å². The minimum atomic E-state index is -0.314. The van der Waals surface area contributed by atoms with Gasteiger partial charge in [0.2, 0.25) is 0 Å². The van der Waals surface area contributed by atoms with Gasteiger partial charge in [0.25, 0.3) is 0 Å². The number of nitrogens with zero attached hydrogens (tertiary/aromatic N) is 1. The van der Waals surface area contributed by atoms with Crippen LogP contribution in [-0.4, -0.2) is 10.5 Å². The van der Waals surface area contributed by atoms with Gasteiger partial charge in [0, 0.05) is 6.20 Å². The zero-order chi connectivity index (χ0) is 7.84. The van der Waals surface area contributed by atoms with Crippen LogP contribution in [0.15, 0.2) is 30.7 Å². The number of hydrogen-bond donors (Lipinski definition) is 0. The van der Waals surface area contributed by atoms with Crippen molar-refractivity contribution in [1.29, 1.82) is 0 Å². The molecular weight excluding hydrogens is 142 g/mol. The number of rotatable bonds is 0. The molecule has 0 N–H and O–H groups in total. The van der Waals surface area contributed by atoms with Crippen molar-refractivity contribution in [3.63, 3.8) is 0 Å². The van der Waals surface area contributed by atoms with Crippen LogP contribution in [0.2, 0.25) is 0 Å². The second kappa shape index (κ2) is 1.99. The molecule has 0 saturated carbocycles. The zero-order valence-corrected chi connectivity index (χ0v) is 5.91. The maximum Gasteiger partial charge on any atom is 0.360 e. The second-order valence-electron chi connectivity index (χ2n) is 2.45. The predicted molar refractivity (Wildman–Crippen MR) is 39.0 cm³/mol. The maximum atomic E-state index is 11.1. The first kappa shape index (κ1) is 6.22. The highest BCUT2D eigenvalue weighted by Crippen LogP contribution is 2.15. The Morgan fingerprint density at radius 3 is 3.27 bits per heavy atom. The van der Waals surface area contributed by atoms with Gasteiger partial charge in [-0.2, -0.15) is 0 Å². The molecule has 3 nitrogen and oxygen atoms in total. The Morgan fingerprint density at radius 2 is 2.45 bits per heavy atom. The van der Waals surface area contributed by atoms with Crippen LogP contribution >= 0.6 is 0 Å². The molecule has 0 spiro atoms. The summed E-state index contributed by atoms with van der Waals surface area (Å²) >= 11 is 0. The Morgan fingerprint density at radius 1 is 1.64 bits per heavy atom. The molecule has 0 fully saturated rings. The molecule has 1 aliphatic rings. The summed E-state index contributed by atoms with van der Waals surface area (Å²) in [6.45, 7) is 4.16. The molecule has 3 heteroatoms. The van der Waals surface area contributed by atoms with Gasteiger partial charge in [-0.25, -0.2) is 4.79 Å². The Balaban J connectivity index is 2.52. The summed E-state index contributed by atoms with van der Waals surface area (Å²) in [6.07, 6.45) is 1.83. The van der Waals surface area contributed by atoms with Crippen LogP contribution in [-0.2, 0) is 11.3 Å². The average Bonchev–Trinajstić information content (AvgIpc) is 2.34. The summed E-state index contributed by atoms with van der Waals surface area (Å²) in [7, 11) is 0. The molecule has 0 atom stereocenters. The number of cyclic esters (lactones) is 1. The lowest BCUT2D eigenvalue weighted by Gasteiger charge is -2.16. The third kappa shape index (κ3) is 0.852. The number of fused-ring (bicyclic) bond motifs is 1. The van der Waals surface area contributed by atoms with Crippen LogP contribution in [0.5, 0.6) is 0 Å². The van der Waals surface area contributed by atoms with E-state index in [2.05, 4.69) is 6.58 Å². The fraction of sp³-hybridized carbons (Fsp3) is 0.125. The molecular formula is C8H7NO2. The van der Waals surface area contributed by atoms with Crippen molar-refractivity contribution < 1.29 is 9.53 Å². The Hall–Kier alpha value is -1.51. The van der Waals surface area contributed by atoms with E-state index in [1.165, 1.54) is 0 Å². The fourth-order valence-electron chi connectivity index (χ4n) is 1.14. The first-order valence-electron chi connectivity index (χ1n) is 3.32. The van der Waals surface area contributed by atoms with Crippen LogP contribution in [0.1, 0.15) is 10.5 Å². The van der Waals surface area contributed by atoms with Crippen LogP contribution < -0.4 is 0 Å². The quantitative estimate of drug-likeness (QED) is 0.518. The van der Waals surface area contributed by atoms with E-state index in [1.807, 2.05) is 16.8 Å². The van der Waals surface area contributed by atoms with E-state index >= 15 is 0 Å². The molecule has 11 heavy (non-hydrogen) atoms. The molecule has 0 radical (unpaired) electrons. The normalized spacial score (nSPS) is 16.0. The summed E-state index contributed by atoms with van der Waals surface area (Å²) in [4.78, 5) is 11.1. The molecule has 0 unspecified atom stereocenters. The van der Waals surface area contributed by atoms with E-state index in [0.717, 1.165) is 0 Å². The topological polar surface area (TPSA) is 31.2 Å². The lowest BCUT2D eigenvalue weighted by Crippen LogP contribution is -2.19. The first-order valence-corrected chi connectivity index (χ1v) is 3.32. The lowest BCUT2D eigenvalue weighted by molar-refractivity contribution is 0.0563. The van der Waals surface area contributed by atoms with Gasteiger partial charge >= 0.3 is 5.97 Å². The van der Waals surface area contributed by atoms with Crippen LogP contribution in [0, 0.1) is 0 Å². The third-order valence-electron chi connectivity index (χ3n) is 1.62. The minimum Gasteiger partial charge on any atom is -0.425 e. The Bertz CT molecular complexity index is 325. The number of carbonyl (C=O) groups excluding carboxylic acids is 1. The van der Waals surface area contributed by atoms with E-state index in [-0.39, 0.29) is 5.97 Å². The highest BCUT2D eigenvalue weighted by atomic mass is 16.5. The van der Waals surface area contributed by atoms with Gasteiger partial charge in [0.05, 0.1) is 6.54 Å². The number of ether oxygens (including phenoxy) is 1. The van der Waals surface area contributed by atoms with Gasteiger partial charge < -0.3 is 9.30 Å². The molecule has 1 aromatic rings. The summed E-state index contributed by atoms with van der Waals surface area (Å²) in [5, 5.41) is 0. The van der Waals surface area contributed by atoms with Crippen LogP contribution in [0.4, 0.5) is 0 Å². The number of hydrogen-bond acceptors (Lipinski definition) is 2. The number of carbonyl (C=O) groups is 1. The number of allylic oxidation sites excluding steroid dienone is 1. The highest BCUT2D eigenvalue weighted by Gasteiger charge is 2.19. The Labute approximate surface area is 63.9 Å². The van der Waals surface area contributed by atoms with Crippen molar-refractivity contribution >= 4 is 5.97 Å². The van der Waals surface area contributed by atoms with Crippen molar-refractivity contribution in [2.75, 3.05) is 0 Å². The largest absolute Gasteiger partial charge is 0.425 e. The van der Waals surface area contributed by atoms with Crippen molar-refractivity contribution in [2.24, 2.45) is 0 Å². The van der Waals surface area contributed by atoms with Gasteiger partial charge in [-0.3, -0.25) is 0 Å².